The summed E-state index contributed by atoms with van der Waals surface area (Å²) >= 11 is 0. The number of hydrogen-bond donors (Lipinski definition) is 1. The maximum absolute atomic E-state index is 12.6. The normalized spacial score (nSPS) is 23.6. The largest absolute Gasteiger partial charge is 0.381 e. The number of carbonyl (C=O) groups is 1. The molecule has 2 aliphatic rings. The van der Waals surface area contributed by atoms with Crippen LogP contribution in [-0.4, -0.2) is 63.6 Å². The fourth-order valence-corrected chi connectivity index (χ4v) is 4.69. The van der Waals surface area contributed by atoms with E-state index in [9.17, 15) is 13.2 Å². The van der Waals surface area contributed by atoms with Crippen LogP contribution in [0, 0.1) is 0 Å². The number of likely N-dealkylation sites (tertiary alicyclic amines) is 1. The van der Waals surface area contributed by atoms with E-state index >= 15 is 0 Å². The third-order valence-corrected chi connectivity index (χ3v) is 6.55. The molecular formula is C18H27N3O4S. The Balaban J connectivity index is 1.68. The van der Waals surface area contributed by atoms with Gasteiger partial charge in [-0.15, -0.1) is 0 Å². The van der Waals surface area contributed by atoms with E-state index in [4.69, 9.17) is 4.74 Å². The lowest BCUT2D eigenvalue weighted by Gasteiger charge is -2.52. The molecule has 2 amide bonds. The molecule has 8 heteroatoms. The van der Waals surface area contributed by atoms with Crippen LogP contribution in [0.5, 0.6) is 0 Å². The van der Waals surface area contributed by atoms with Gasteiger partial charge in [0.05, 0.1) is 4.90 Å². The fourth-order valence-electron chi connectivity index (χ4n) is 3.74. The average molecular weight is 381 g/mol. The molecule has 1 aromatic rings. The van der Waals surface area contributed by atoms with Crippen molar-refractivity contribution in [2.24, 2.45) is 0 Å². The number of benzene rings is 1. The zero-order valence-electron chi connectivity index (χ0n) is 15.4. The summed E-state index contributed by atoms with van der Waals surface area (Å²) in [7, 11) is 0.0250. The van der Waals surface area contributed by atoms with Crippen LogP contribution in [0.3, 0.4) is 0 Å². The Kier molecular flexibility index (Phi) is 5.55. The second-order valence-electron chi connectivity index (χ2n) is 7.38. The summed E-state index contributed by atoms with van der Waals surface area (Å²) in [6.45, 7) is 2.63. The molecule has 7 nitrogen and oxygen atoms in total. The van der Waals surface area contributed by atoms with Crippen LogP contribution in [0.1, 0.15) is 31.2 Å². The van der Waals surface area contributed by atoms with Gasteiger partial charge in [-0.3, -0.25) is 0 Å². The first-order valence-corrected chi connectivity index (χ1v) is 10.5. The Hall–Kier alpha value is -1.64. The molecule has 2 heterocycles. The minimum absolute atomic E-state index is 0.104. The molecule has 0 aliphatic carbocycles. The molecule has 3 rings (SSSR count). The Morgan fingerprint density at radius 2 is 1.92 bits per heavy atom. The van der Waals surface area contributed by atoms with Gasteiger partial charge in [0.1, 0.15) is 0 Å². The van der Waals surface area contributed by atoms with Gasteiger partial charge in [0.25, 0.3) is 10.0 Å². The first kappa shape index (κ1) is 19.1. The maximum Gasteiger partial charge on any atom is 0.331 e. The third-order valence-electron chi connectivity index (χ3n) is 5.22. The molecule has 1 aromatic carbocycles. The molecule has 0 bridgehead atoms. The van der Waals surface area contributed by atoms with Crippen LogP contribution in [0.2, 0.25) is 0 Å². The molecule has 0 aromatic heterocycles. The Bertz CT molecular complexity index is 738. The highest BCUT2D eigenvalue weighted by molar-refractivity contribution is 7.90. The number of hydrogen-bond acceptors (Lipinski definition) is 5. The van der Waals surface area contributed by atoms with E-state index in [-0.39, 0.29) is 10.4 Å². The molecule has 2 fully saturated rings. The predicted octanol–water partition coefficient (Wildman–Crippen LogP) is 1.79. The topological polar surface area (TPSA) is 79.0 Å². The smallest absolute Gasteiger partial charge is 0.331 e. The zero-order valence-corrected chi connectivity index (χ0v) is 16.2. The lowest BCUT2D eigenvalue weighted by molar-refractivity contribution is 0.00907. The molecule has 2 saturated heterocycles. The Morgan fingerprint density at radius 1 is 1.19 bits per heavy atom. The number of nitrogens with zero attached hydrogens (tertiary/aromatic N) is 2. The molecule has 0 radical (unpaired) electrons. The second kappa shape index (κ2) is 7.54. The van der Waals surface area contributed by atoms with Crippen molar-refractivity contribution in [3.63, 3.8) is 0 Å². The first-order chi connectivity index (χ1) is 12.3. The van der Waals surface area contributed by atoms with Gasteiger partial charge in [0.15, 0.2) is 0 Å². The van der Waals surface area contributed by atoms with Crippen molar-refractivity contribution in [2.45, 2.75) is 42.7 Å². The van der Waals surface area contributed by atoms with E-state index in [2.05, 4.69) is 4.72 Å². The lowest BCUT2D eigenvalue weighted by Crippen LogP contribution is -2.64. The molecule has 1 N–H and O–H groups in total. The molecule has 0 saturated carbocycles. The summed E-state index contributed by atoms with van der Waals surface area (Å²) in [5.41, 5.74) is 0.770. The summed E-state index contributed by atoms with van der Waals surface area (Å²) in [6.07, 6.45) is 3.42. The predicted molar refractivity (Wildman–Crippen MR) is 98.3 cm³/mol. The standard InChI is InChI=1S/C18H27N3O4S/c1-20(2)14-15-4-6-16(7-5-15)26(23,24)19-17(22)21-11-9-18(21)8-3-12-25-13-10-18/h4-7H,3,8-14H2,1-2H3,(H,19,22). The quantitative estimate of drug-likeness (QED) is 0.860. The van der Waals surface area contributed by atoms with Crippen molar-refractivity contribution in [1.82, 2.24) is 14.5 Å². The number of sulfonamides is 1. The highest BCUT2D eigenvalue weighted by atomic mass is 32.2. The summed E-state index contributed by atoms with van der Waals surface area (Å²) in [4.78, 5) is 16.4. The van der Waals surface area contributed by atoms with Crippen molar-refractivity contribution in [3.05, 3.63) is 29.8 Å². The van der Waals surface area contributed by atoms with Crippen molar-refractivity contribution < 1.29 is 17.9 Å². The van der Waals surface area contributed by atoms with Gasteiger partial charge < -0.3 is 14.5 Å². The van der Waals surface area contributed by atoms with E-state index in [1.54, 1.807) is 29.2 Å². The minimum Gasteiger partial charge on any atom is -0.381 e. The van der Waals surface area contributed by atoms with E-state index in [0.29, 0.717) is 19.8 Å². The molecule has 2 aliphatic heterocycles. The second-order valence-corrected chi connectivity index (χ2v) is 9.07. The summed E-state index contributed by atoms with van der Waals surface area (Å²) in [6, 6.07) is 6.09. The van der Waals surface area contributed by atoms with Crippen LogP contribution in [0.15, 0.2) is 29.2 Å². The van der Waals surface area contributed by atoms with Gasteiger partial charge in [0.2, 0.25) is 0 Å². The summed E-state index contributed by atoms with van der Waals surface area (Å²) < 4.78 is 32.8. The zero-order chi connectivity index (χ0) is 18.8. The van der Waals surface area contributed by atoms with Crippen LogP contribution in [0.25, 0.3) is 0 Å². The van der Waals surface area contributed by atoms with Gasteiger partial charge in [0, 0.05) is 31.8 Å². The van der Waals surface area contributed by atoms with Crippen molar-refractivity contribution in [2.75, 3.05) is 33.9 Å². The molecule has 1 unspecified atom stereocenters. The van der Waals surface area contributed by atoms with Crippen molar-refractivity contribution in [3.8, 4) is 0 Å². The Labute approximate surface area is 155 Å². The van der Waals surface area contributed by atoms with E-state index in [0.717, 1.165) is 37.8 Å². The number of nitrogens with one attached hydrogen (secondary N) is 1. The Morgan fingerprint density at radius 3 is 2.54 bits per heavy atom. The average Bonchev–Trinajstić information content (AvgIpc) is 2.81. The van der Waals surface area contributed by atoms with Crippen LogP contribution in [0.4, 0.5) is 4.79 Å². The highest BCUT2D eigenvalue weighted by Crippen LogP contribution is 2.39. The number of rotatable bonds is 4. The van der Waals surface area contributed by atoms with Gasteiger partial charge in [-0.2, -0.15) is 0 Å². The SMILES string of the molecule is CN(C)Cc1ccc(S(=O)(=O)NC(=O)N2CCC23CCCOCC3)cc1. The van der Waals surface area contributed by atoms with E-state index in [1.807, 2.05) is 19.0 Å². The van der Waals surface area contributed by atoms with E-state index in [1.165, 1.54) is 0 Å². The first-order valence-electron chi connectivity index (χ1n) is 8.98. The molecular weight excluding hydrogens is 354 g/mol. The van der Waals surface area contributed by atoms with Crippen LogP contribution < -0.4 is 4.72 Å². The van der Waals surface area contributed by atoms with Gasteiger partial charge in [-0.25, -0.2) is 17.9 Å². The number of urea groups is 1. The lowest BCUT2D eigenvalue weighted by atomic mass is 9.79. The highest BCUT2D eigenvalue weighted by Gasteiger charge is 2.47. The van der Waals surface area contributed by atoms with Crippen molar-refractivity contribution in [1.29, 1.82) is 0 Å². The maximum atomic E-state index is 12.6. The van der Waals surface area contributed by atoms with Crippen molar-refractivity contribution >= 4 is 16.1 Å². The van der Waals surface area contributed by atoms with Crippen LogP contribution in [-0.2, 0) is 21.3 Å². The molecule has 26 heavy (non-hydrogen) atoms. The third kappa shape index (κ3) is 4.02. The minimum atomic E-state index is -3.88. The van der Waals surface area contributed by atoms with Gasteiger partial charge in [-0.1, -0.05) is 12.1 Å². The van der Waals surface area contributed by atoms with Gasteiger partial charge >= 0.3 is 6.03 Å². The van der Waals surface area contributed by atoms with Gasteiger partial charge in [-0.05, 0) is 57.5 Å². The number of amides is 2. The summed E-state index contributed by atoms with van der Waals surface area (Å²) in [5.74, 6) is 0. The fraction of sp³-hybridized carbons (Fsp3) is 0.611. The molecule has 1 atom stereocenters. The van der Waals surface area contributed by atoms with E-state index < -0.39 is 16.1 Å². The molecule has 144 valence electrons. The molecule has 1 spiro atoms. The van der Waals surface area contributed by atoms with Crippen LogP contribution >= 0.6 is 0 Å². The number of ether oxygens (including phenoxy) is 1. The number of carbonyl (C=O) groups excluding carboxylic acids is 1. The summed E-state index contributed by atoms with van der Waals surface area (Å²) in [5, 5.41) is 0. The monoisotopic (exact) mass is 381 g/mol.